The van der Waals surface area contributed by atoms with E-state index < -0.39 is 6.04 Å². The number of nitrogens with two attached hydrogens (primary N) is 1. The van der Waals surface area contributed by atoms with Gasteiger partial charge in [0.15, 0.2) is 5.84 Å². The van der Waals surface area contributed by atoms with Crippen LogP contribution in [0.1, 0.15) is 37.6 Å². The van der Waals surface area contributed by atoms with E-state index in [4.69, 9.17) is 15.7 Å². The quantitative estimate of drug-likeness (QED) is 0.310. The van der Waals surface area contributed by atoms with Gasteiger partial charge in [0.25, 0.3) is 5.91 Å². The molecule has 116 valence electrons. The average Bonchev–Trinajstić information content (AvgIpc) is 2.49. The molecule has 0 bridgehead atoms. The third-order valence-electron chi connectivity index (χ3n) is 2.96. The second-order valence-corrected chi connectivity index (χ2v) is 5.10. The summed E-state index contributed by atoms with van der Waals surface area (Å²) < 4.78 is 5.50. The van der Waals surface area contributed by atoms with Crippen LogP contribution in [0.2, 0.25) is 0 Å². The Balaban J connectivity index is 2.83. The second-order valence-electron chi connectivity index (χ2n) is 5.10. The molecule has 1 atom stereocenters. The number of hydrogen-bond acceptors (Lipinski definition) is 4. The molecule has 0 radical (unpaired) electrons. The molecule has 0 saturated carbocycles. The molecular weight excluding hydrogens is 270 g/mol. The first-order valence-corrected chi connectivity index (χ1v) is 7.00. The van der Waals surface area contributed by atoms with Gasteiger partial charge in [-0.1, -0.05) is 32.0 Å². The van der Waals surface area contributed by atoms with Crippen molar-refractivity contribution in [3.05, 3.63) is 29.8 Å². The monoisotopic (exact) mass is 293 g/mol. The number of ether oxygens (including phenoxy) is 1. The summed E-state index contributed by atoms with van der Waals surface area (Å²) in [5.41, 5.74) is 6.07. The van der Waals surface area contributed by atoms with E-state index in [-0.39, 0.29) is 17.7 Å². The summed E-state index contributed by atoms with van der Waals surface area (Å²) in [5, 5.41) is 14.5. The lowest BCUT2D eigenvalue weighted by Gasteiger charge is -2.21. The Labute approximate surface area is 125 Å². The molecule has 1 amide bonds. The highest BCUT2D eigenvalue weighted by atomic mass is 16.5. The molecule has 4 N–H and O–H groups in total. The van der Waals surface area contributed by atoms with Crippen LogP contribution in [0, 0.1) is 5.92 Å². The maximum atomic E-state index is 12.2. The van der Waals surface area contributed by atoms with Crippen LogP contribution in [0.15, 0.2) is 29.4 Å². The lowest BCUT2D eigenvalue weighted by molar-refractivity contribution is 0.0938. The Kier molecular flexibility index (Phi) is 6.52. The van der Waals surface area contributed by atoms with Crippen LogP contribution in [0.3, 0.4) is 0 Å². The molecule has 1 aromatic rings. The minimum absolute atomic E-state index is 0.00405. The van der Waals surface area contributed by atoms with Crippen LogP contribution in [-0.2, 0) is 0 Å². The summed E-state index contributed by atoms with van der Waals surface area (Å²) in [7, 11) is 0. The lowest BCUT2D eigenvalue weighted by atomic mass is 10.0. The van der Waals surface area contributed by atoms with E-state index in [2.05, 4.69) is 10.5 Å². The third kappa shape index (κ3) is 4.98. The Bertz CT molecular complexity index is 501. The number of carbonyl (C=O) groups excluding carboxylic acids is 1. The molecule has 0 aromatic heterocycles. The van der Waals surface area contributed by atoms with Crippen LogP contribution in [-0.4, -0.2) is 29.6 Å². The van der Waals surface area contributed by atoms with E-state index in [1.165, 1.54) is 0 Å². The number of hydrogen-bond donors (Lipinski definition) is 3. The van der Waals surface area contributed by atoms with Crippen molar-refractivity contribution in [3.63, 3.8) is 0 Å². The van der Waals surface area contributed by atoms with Crippen LogP contribution in [0.25, 0.3) is 0 Å². The van der Waals surface area contributed by atoms with Crippen molar-refractivity contribution >= 4 is 11.7 Å². The van der Waals surface area contributed by atoms with Gasteiger partial charge in [-0.25, -0.2) is 0 Å². The van der Waals surface area contributed by atoms with Gasteiger partial charge in [0.1, 0.15) is 5.75 Å². The number of amides is 1. The van der Waals surface area contributed by atoms with E-state index >= 15 is 0 Å². The van der Waals surface area contributed by atoms with E-state index in [1.807, 2.05) is 20.8 Å². The highest BCUT2D eigenvalue weighted by molar-refractivity contribution is 5.98. The highest BCUT2D eigenvalue weighted by Crippen LogP contribution is 2.14. The van der Waals surface area contributed by atoms with E-state index in [1.54, 1.807) is 24.3 Å². The Hall–Kier alpha value is -2.24. The molecule has 6 heteroatoms. The van der Waals surface area contributed by atoms with Crippen molar-refractivity contribution in [1.29, 1.82) is 0 Å². The molecule has 0 spiro atoms. The summed E-state index contributed by atoms with van der Waals surface area (Å²) in [5.74, 6) is 0.345. The highest BCUT2D eigenvalue weighted by Gasteiger charge is 2.21. The SMILES string of the molecule is CCCOc1cccc(C(=O)NC(C(N)=NO)C(C)C)c1. The predicted molar refractivity (Wildman–Crippen MR) is 81.7 cm³/mol. The molecular formula is C15H23N3O3. The largest absolute Gasteiger partial charge is 0.494 e. The van der Waals surface area contributed by atoms with Crippen LogP contribution >= 0.6 is 0 Å². The van der Waals surface area contributed by atoms with E-state index in [0.717, 1.165) is 6.42 Å². The lowest BCUT2D eigenvalue weighted by Crippen LogP contribution is -2.47. The van der Waals surface area contributed by atoms with Gasteiger partial charge in [0.2, 0.25) is 0 Å². The average molecular weight is 293 g/mol. The number of amidine groups is 1. The zero-order valence-corrected chi connectivity index (χ0v) is 12.7. The van der Waals surface area contributed by atoms with Gasteiger partial charge in [-0.2, -0.15) is 0 Å². The van der Waals surface area contributed by atoms with Gasteiger partial charge >= 0.3 is 0 Å². The molecule has 0 heterocycles. The van der Waals surface area contributed by atoms with Crippen molar-refractivity contribution in [1.82, 2.24) is 5.32 Å². The number of benzene rings is 1. The van der Waals surface area contributed by atoms with Crippen molar-refractivity contribution in [2.45, 2.75) is 33.2 Å². The molecule has 6 nitrogen and oxygen atoms in total. The fourth-order valence-electron chi connectivity index (χ4n) is 1.82. The van der Waals surface area contributed by atoms with Crippen LogP contribution in [0.5, 0.6) is 5.75 Å². The first-order chi connectivity index (χ1) is 9.99. The van der Waals surface area contributed by atoms with E-state index in [9.17, 15) is 4.79 Å². The zero-order valence-electron chi connectivity index (χ0n) is 12.7. The molecule has 0 fully saturated rings. The smallest absolute Gasteiger partial charge is 0.252 e. The number of rotatable bonds is 7. The third-order valence-corrected chi connectivity index (χ3v) is 2.96. The maximum absolute atomic E-state index is 12.2. The van der Waals surface area contributed by atoms with Gasteiger partial charge in [0, 0.05) is 5.56 Å². The maximum Gasteiger partial charge on any atom is 0.252 e. The predicted octanol–water partition coefficient (Wildman–Crippen LogP) is 1.98. The molecule has 21 heavy (non-hydrogen) atoms. The number of carbonyl (C=O) groups is 1. The van der Waals surface area contributed by atoms with E-state index in [0.29, 0.717) is 17.9 Å². The minimum Gasteiger partial charge on any atom is -0.494 e. The summed E-state index contributed by atoms with van der Waals surface area (Å²) in [4.78, 5) is 12.2. The molecule has 1 rings (SSSR count). The first kappa shape index (κ1) is 16.8. The molecule has 0 aliphatic rings. The standard InChI is InChI=1S/C15H23N3O3/c1-4-8-21-12-7-5-6-11(9-12)15(19)17-13(10(2)3)14(16)18-20/h5-7,9-10,13,20H,4,8H2,1-3H3,(H2,16,18)(H,17,19). The molecule has 0 saturated heterocycles. The summed E-state index contributed by atoms with van der Waals surface area (Å²) in [6.45, 7) is 6.37. The summed E-state index contributed by atoms with van der Waals surface area (Å²) in [6, 6.07) is 6.40. The van der Waals surface area contributed by atoms with Gasteiger partial charge in [-0.3, -0.25) is 4.79 Å². The number of nitrogens with zero attached hydrogens (tertiary/aromatic N) is 1. The van der Waals surface area contributed by atoms with Crippen LogP contribution < -0.4 is 15.8 Å². The molecule has 0 aliphatic heterocycles. The normalized spacial score (nSPS) is 13.0. The fourth-order valence-corrected chi connectivity index (χ4v) is 1.82. The second kappa shape index (κ2) is 8.14. The van der Waals surface area contributed by atoms with Crippen molar-refractivity contribution in [3.8, 4) is 5.75 Å². The van der Waals surface area contributed by atoms with Crippen molar-refractivity contribution < 1.29 is 14.7 Å². The molecule has 1 unspecified atom stereocenters. The van der Waals surface area contributed by atoms with Gasteiger partial charge < -0.3 is 21.0 Å². The van der Waals surface area contributed by atoms with Gasteiger partial charge in [-0.05, 0) is 30.5 Å². The zero-order chi connectivity index (χ0) is 15.8. The molecule has 1 aromatic carbocycles. The van der Waals surface area contributed by atoms with Crippen molar-refractivity contribution in [2.24, 2.45) is 16.8 Å². The fraction of sp³-hybridized carbons (Fsp3) is 0.467. The van der Waals surface area contributed by atoms with Gasteiger partial charge in [0.05, 0.1) is 12.6 Å². The molecule has 0 aliphatic carbocycles. The summed E-state index contributed by atoms with van der Waals surface area (Å²) >= 11 is 0. The Morgan fingerprint density at radius 2 is 2.19 bits per heavy atom. The Morgan fingerprint density at radius 3 is 2.76 bits per heavy atom. The first-order valence-electron chi connectivity index (χ1n) is 7.00. The number of oxime groups is 1. The minimum atomic E-state index is -0.525. The Morgan fingerprint density at radius 1 is 1.48 bits per heavy atom. The number of nitrogens with one attached hydrogen (secondary N) is 1. The summed E-state index contributed by atoms with van der Waals surface area (Å²) in [6.07, 6.45) is 0.898. The van der Waals surface area contributed by atoms with Crippen LogP contribution in [0.4, 0.5) is 0 Å². The topological polar surface area (TPSA) is 96.9 Å². The van der Waals surface area contributed by atoms with Crippen molar-refractivity contribution in [2.75, 3.05) is 6.61 Å². The van der Waals surface area contributed by atoms with Gasteiger partial charge in [-0.15, -0.1) is 0 Å².